The van der Waals surface area contributed by atoms with E-state index in [4.69, 9.17) is 5.14 Å². The normalized spacial score (nSPS) is 11.6. The first-order valence-corrected chi connectivity index (χ1v) is 5.83. The predicted molar refractivity (Wildman–Crippen MR) is 50.4 cm³/mol. The molecular formula is C7H9NO3S2. The summed E-state index contributed by atoms with van der Waals surface area (Å²) in [5, 5.41) is 4.91. The van der Waals surface area contributed by atoms with Crippen LogP contribution >= 0.6 is 11.3 Å². The second-order valence-corrected chi connectivity index (χ2v) is 5.68. The lowest BCUT2D eigenvalue weighted by Crippen LogP contribution is -2.10. The molecule has 0 aliphatic rings. The van der Waals surface area contributed by atoms with E-state index in [0.29, 0.717) is 10.4 Å². The summed E-state index contributed by atoms with van der Waals surface area (Å²) >= 11 is 1.02. The minimum absolute atomic E-state index is 0.0372. The molecule has 2 N–H and O–H groups in total. The van der Waals surface area contributed by atoms with Crippen LogP contribution < -0.4 is 5.14 Å². The van der Waals surface area contributed by atoms with Crippen molar-refractivity contribution in [1.29, 1.82) is 0 Å². The summed E-state index contributed by atoms with van der Waals surface area (Å²) in [6.45, 7) is 3.08. The van der Waals surface area contributed by atoms with Gasteiger partial charge in [-0.05, 0) is 19.9 Å². The zero-order chi connectivity index (χ0) is 10.2. The number of hydrogen-bond donors (Lipinski definition) is 1. The number of carbonyl (C=O) groups excluding carboxylic acids is 1. The van der Waals surface area contributed by atoms with E-state index in [1.54, 1.807) is 6.92 Å². The van der Waals surface area contributed by atoms with Crippen LogP contribution in [0.25, 0.3) is 0 Å². The van der Waals surface area contributed by atoms with Crippen molar-refractivity contribution in [2.45, 2.75) is 18.1 Å². The molecule has 0 spiro atoms. The van der Waals surface area contributed by atoms with Gasteiger partial charge < -0.3 is 0 Å². The minimum atomic E-state index is -3.67. The molecule has 1 heterocycles. The van der Waals surface area contributed by atoms with Gasteiger partial charge in [-0.15, -0.1) is 11.3 Å². The van der Waals surface area contributed by atoms with Crippen molar-refractivity contribution < 1.29 is 13.2 Å². The summed E-state index contributed by atoms with van der Waals surface area (Å²) in [7, 11) is -3.67. The van der Waals surface area contributed by atoms with E-state index < -0.39 is 10.0 Å². The highest BCUT2D eigenvalue weighted by atomic mass is 32.2. The molecule has 1 aromatic rings. The van der Waals surface area contributed by atoms with Gasteiger partial charge >= 0.3 is 0 Å². The highest BCUT2D eigenvalue weighted by molar-refractivity contribution is 7.91. The minimum Gasteiger partial charge on any atom is -0.294 e. The maximum atomic E-state index is 11.0. The third-order valence-electron chi connectivity index (χ3n) is 1.55. The van der Waals surface area contributed by atoms with Gasteiger partial charge in [0.15, 0.2) is 5.78 Å². The Bertz CT molecular complexity index is 444. The van der Waals surface area contributed by atoms with Gasteiger partial charge in [-0.1, -0.05) is 0 Å². The smallest absolute Gasteiger partial charge is 0.247 e. The van der Waals surface area contributed by atoms with Gasteiger partial charge in [-0.25, -0.2) is 13.6 Å². The molecule has 0 amide bonds. The first kappa shape index (κ1) is 10.4. The Labute approximate surface area is 80.4 Å². The quantitative estimate of drug-likeness (QED) is 0.751. The van der Waals surface area contributed by atoms with Crippen molar-refractivity contribution in [3.63, 3.8) is 0 Å². The van der Waals surface area contributed by atoms with E-state index in [1.807, 2.05) is 0 Å². The first-order valence-electron chi connectivity index (χ1n) is 3.46. The van der Waals surface area contributed by atoms with Crippen LogP contribution in [-0.2, 0) is 10.0 Å². The molecule has 0 saturated carbocycles. The van der Waals surface area contributed by atoms with Gasteiger partial charge in [0.1, 0.15) is 4.21 Å². The Kier molecular flexibility index (Phi) is 2.56. The first-order chi connectivity index (χ1) is 5.82. The van der Waals surface area contributed by atoms with Crippen LogP contribution in [0.3, 0.4) is 0 Å². The molecule has 1 aromatic heterocycles. The van der Waals surface area contributed by atoms with Crippen molar-refractivity contribution in [3.8, 4) is 0 Å². The standard InChI is InChI=1S/C7H9NO3S2/c1-4(9)6-3-7(12-5(6)2)13(8,10)11/h3H,1-2H3,(H2,8,10,11). The zero-order valence-electron chi connectivity index (χ0n) is 7.20. The largest absolute Gasteiger partial charge is 0.294 e. The number of aryl methyl sites for hydroxylation is 1. The molecule has 0 aliphatic heterocycles. The zero-order valence-corrected chi connectivity index (χ0v) is 8.83. The number of primary sulfonamides is 1. The summed E-state index contributed by atoms with van der Waals surface area (Å²) in [6, 6.07) is 1.32. The van der Waals surface area contributed by atoms with Crippen molar-refractivity contribution in [3.05, 3.63) is 16.5 Å². The maximum Gasteiger partial charge on any atom is 0.247 e. The number of carbonyl (C=O) groups is 1. The number of hydrogen-bond acceptors (Lipinski definition) is 4. The van der Waals surface area contributed by atoms with E-state index in [2.05, 4.69) is 0 Å². The van der Waals surface area contributed by atoms with Crippen molar-refractivity contribution in [2.24, 2.45) is 5.14 Å². The summed E-state index contributed by atoms with van der Waals surface area (Å²) in [5.41, 5.74) is 0.425. The van der Waals surface area contributed by atoms with Crippen LogP contribution in [0.1, 0.15) is 22.2 Å². The van der Waals surface area contributed by atoms with E-state index in [0.717, 1.165) is 11.3 Å². The van der Waals surface area contributed by atoms with E-state index in [1.165, 1.54) is 13.0 Å². The number of nitrogens with two attached hydrogens (primary N) is 1. The van der Waals surface area contributed by atoms with Crippen LogP contribution in [0, 0.1) is 6.92 Å². The third kappa shape index (κ3) is 2.15. The van der Waals surface area contributed by atoms with Crippen molar-refractivity contribution in [2.75, 3.05) is 0 Å². The van der Waals surface area contributed by atoms with Crippen LogP contribution in [0.15, 0.2) is 10.3 Å². The summed E-state index contributed by atoms with van der Waals surface area (Å²) in [6.07, 6.45) is 0. The molecule has 0 saturated heterocycles. The van der Waals surface area contributed by atoms with Gasteiger partial charge in [-0.2, -0.15) is 0 Å². The van der Waals surface area contributed by atoms with Gasteiger partial charge in [0, 0.05) is 10.4 Å². The Morgan fingerprint density at radius 1 is 1.54 bits per heavy atom. The maximum absolute atomic E-state index is 11.0. The van der Waals surface area contributed by atoms with Crippen LogP contribution in [0.5, 0.6) is 0 Å². The highest BCUT2D eigenvalue weighted by Crippen LogP contribution is 2.24. The average molecular weight is 219 g/mol. The lowest BCUT2D eigenvalue weighted by molar-refractivity contribution is 0.101. The molecule has 13 heavy (non-hydrogen) atoms. The molecule has 4 nitrogen and oxygen atoms in total. The van der Waals surface area contributed by atoms with Crippen LogP contribution in [0.2, 0.25) is 0 Å². The SMILES string of the molecule is CC(=O)c1cc(S(N)(=O)=O)sc1C. The lowest BCUT2D eigenvalue weighted by atomic mass is 10.2. The monoisotopic (exact) mass is 219 g/mol. The fourth-order valence-corrected chi connectivity index (χ4v) is 2.86. The molecule has 6 heteroatoms. The van der Waals surface area contributed by atoms with Crippen molar-refractivity contribution in [1.82, 2.24) is 0 Å². The van der Waals surface area contributed by atoms with E-state index in [-0.39, 0.29) is 9.99 Å². The topological polar surface area (TPSA) is 77.2 Å². The van der Waals surface area contributed by atoms with Crippen LogP contribution in [-0.4, -0.2) is 14.2 Å². The molecule has 72 valence electrons. The van der Waals surface area contributed by atoms with Gasteiger partial charge in [0.25, 0.3) is 0 Å². The van der Waals surface area contributed by atoms with E-state index in [9.17, 15) is 13.2 Å². The Balaban J connectivity index is 3.33. The Morgan fingerprint density at radius 2 is 2.08 bits per heavy atom. The second-order valence-electron chi connectivity index (χ2n) is 2.64. The van der Waals surface area contributed by atoms with Gasteiger partial charge in [0.2, 0.25) is 10.0 Å². The fourth-order valence-electron chi connectivity index (χ4n) is 0.945. The molecule has 0 radical (unpaired) electrons. The number of thiophene rings is 1. The van der Waals surface area contributed by atoms with E-state index >= 15 is 0 Å². The lowest BCUT2D eigenvalue weighted by Gasteiger charge is -1.88. The number of Topliss-reactive ketones (excluding diaryl/α,β-unsaturated/α-hetero) is 1. The molecule has 0 aromatic carbocycles. The third-order valence-corrected chi connectivity index (χ3v) is 4.03. The molecule has 0 fully saturated rings. The fraction of sp³-hybridized carbons (Fsp3) is 0.286. The molecule has 0 aliphatic carbocycles. The molecular weight excluding hydrogens is 210 g/mol. The summed E-state index contributed by atoms with van der Waals surface area (Å²) in [4.78, 5) is 11.7. The molecule has 0 bridgehead atoms. The predicted octanol–water partition coefficient (Wildman–Crippen LogP) is 0.907. The van der Waals surface area contributed by atoms with Crippen LogP contribution in [0.4, 0.5) is 0 Å². The average Bonchev–Trinajstić information content (AvgIpc) is 2.29. The Hall–Kier alpha value is -0.720. The summed E-state index contributed by atoms with van der Waals surface area (Å²) in [5.74, 6) is -0.149. The van der Waals surface area contributed by atoms with Crippen molar-refractivity contribution >= 4 is 27.1 Å². The molecule has 0 unspecified atom stereocenters. The molecule has 0 atom stereocenters. The second kappa shape index (κ2) is 3.21. The number of rotatable bonds is 2. The highest BCUT2D eigenvalue weighted by Gasteiger charge is 2.16. The number of sulfonamides is 1. The van der Waals surface area contributed by atoms with Gasteiger partial charge in [-0.3, -0.25) is 4.79 Å². The number of ketones is 1. The van der Waals surface area contributed by atoms with Gasteiger partial charge in [0.05, 0.1) is 0 Å². The summed E-state index contributed by atoms with van der Waals surface area (Å²) < 4.78 is 21.8. The molecule has 1 rings (SSSR count). The Morgan fingerprint density at radius 3 is 2.31 bits per heavy atom.